The fourth-order valence-corrected chi connectivity index (χ4v) is 1.91. The van der Waals surface area contributed by atoms with E-state index >= 15 is 0 Å². The molecule has 0 saturated heterocycles. The molecule has 2 rings (SSSR count). The van der Waals surface area contributed by atoms with Crippen LogP contribution in [0.4, 0.5) is 13.2 Å². The van der Waals surface area contributed by atoms with Gasteiger partial charge in [-0.2, -0.15) is 0 Å². The summed E-state index contributed by atoms with van der Waals surface area (Å²) >= 11 is 0. The Morgan fingerprint density at radius 1 is 1.33 bits per heavy atom. The molecule has 1 N–H and O–H groups in total. The second kappa shape index (κ2) is 5.18. The molecule has 2 nitrogen and oxygen atoms in total. The van der Waals surface area contributed by atoms with Crippen molar-refractivity contribution in [3.05, 3.63) is 29.8 Å². The normalized spacial score (nSPS) is 17.6. The monoisotopic (exact) mass is 259 g/mol. The third-order valence-electron chi connectivity index (χ3n) is 3.14. The van der Waals surface area contributed by atoms with Gasteiger partial charge in [0, 0.05) is 18.2 Å². The summed E-state index contributed by atoms with van der Waals surface area (Å²) in [6, 6.07) is 6.57. The van der Waals surface area contributed by atoms with E-state index in [4.69, 9.17) is 0 Å². The minimum absolute atomic E-state index is 0.125. The van der Waals surface area contributed by atoms with Crippen molar-refractivity contribution in [1.82, 2.24) is 5.32 Å². The minimum Gasteiger partial charge on any atom is -0.405 e. The van der Waals surface area contributed by atoms with Crippen LogP contribution in [-0.4, -0.2) is 12.4 Å². The lowest BCUT2D eigenvalue weighted by Crippen LogP contribution is -2.28. The molecule has 0 amide bonds. The number of nitrogens with one attached hydrogen (secondary N) is 1. The maximum atomic E-state index is 12.2. The first-order valence-corrected chi connectivity index (χ1v) is 6.03. The first kappa shape index (κ1) is 13.2. The van der Waals surface area contributed by atoms with E-state index in [2.05, 4.69) is 17.0 Å². The molecular formula is C13H16F3NO. The highest BCUT2D eigenvalue weighted by molar-refractivity contribution is 5.33. The topological polar surface area (TPSA) is 21.3 Å². The predicted molar refractivity (Wildman–Crippen MR) is 62.2 cm³/mol. The van der Waals surface area contributed by atoms with Gasteiger partial charge in [0.05, 0.1) is 0 Å². The Morgan fingerprint density at radius 3 is 2.61 bits per heavy atom. The Morgan fingerprint density at radius 2 is 2.00 bits per heavy atom. The van der Waals surface area contributed by atoms with Gasteiger partial charge in [-0.3, -0.25) is 0 Å². The SMILES string of the molecule is CC(NCc1ccccc1OC(F)(F)F)C1CC1. The largest absolute Gasteiger partial charge is 0.573 e. The lowest BCUT2D eigenvalue weighted by atomic mass is 10.1. The molecule has 1 aromatic rings. The molecule has 0 radical (unpaired) electrons. The Bertz CT molecular complexity index is 401. The first-order valence-electron chi connectivity index (χ1n) is 6.03. The summed E-state index contributed by atoms with van der Waals surface area (Å²) in [5.41, 5.74) is 0.530. The highest BCUT2D eigenvalue weighted by Gasteiger charge is 2.32. The summed E-state index contributed by atoms with van der Waals surface area (Å²) in [4.78, 5) is 0. The highest BCUT2D eigenvalue weighted by Crippen LogP contribution is 2.33. The number of para-hydroxylation sites is 1. The lowest BCUT2D eigenvalue weighted by molar-refractivity contribution is -0.274. The number of alkyl halides is 3. The number of benzene rings is 1. The van der Waals surface area contributed by atoms with E-state index < -0.39 is 6.36 Å². The Hall–Kier alpha value is -1.23. The van der Waals surface area contributed by atoms with E-state index in [9.17, 15) is 13.2 Å². The molecule has 0 bridgehead atoms. The Kier molecular flexibility index (Phi) is 3.80. The molecule has 5 heteroatoms. The second-order valence-corrected chi connectivity index (χ2v) is 4.66. The van der Waals surface area contributed by atoms with E-state index in [-0.39, 0.29) is 5.75 Å². The predicted octanol–water partition coefficient (Wildman–Crippen LogP) is 3.47. The molecule has 1 saturated carbocycles. The van der Waals surface area contributed by atoms with Crippen LogP contribution in [0, 0.1) is 5.92 Å². The average Bonchev–Trinajstić information content (AvgIpc) is 3.09. The van der Waals surface area contributed by atoms with E-state index in [1.165, 1.54) is 25.0 Å². The second-order valence-electron chi connectivity index (χ2n) is 4.66. The highest BCUT2D eigenvalue weighted by atomic mass is 19.4. The molecule has 100 valence electrons. The molecule has 1 aliphatic rings. The third kappa shape index (κ3) is 3.91. The van der Waals surface area contributed by atoms with Crippen LogP contribution in [0.2, 0.25) is 0 Å². The molecule has 0 heterocycles. The maximum Gasteiger partial charge on any atom is 0.573 e. The zero-order valence-corrected chi connectivity index (χ0v) is 10.1. The molecule has 1 aliphatic carbocycles. The molecule has 0 aromatic heterocycles. The van der Waals surface area contributed by atoms with Crippen LogP contribution in [0.1, 0.15) is 25.3 Å². The van der Waals surface area contributed by atoms with Crippen LogP contribution in [0.3, 0.4) is 0 Å². The summed E-state index contributed by atoms with van der Waals surface area (Å²) in [5, 5.41) is 3.24. The standard InChI is InChI=1S/C13H16F3NO/c1-9(10-6-7-10)17-8-11-4-2-3-5-12(11)18-13(14,15)16/h2-5,9-10,17H,6-8H2,1H3. The number of ether oxygens (including phenoxy) is 1. The van der Waals surface area contributed by atoms with Crippen LogP contribution in [0.15, 0.2) is 24.3 Å². The van der Waals surface area contributed by atoms with Crippen LogP contribution in [0.25, 0.3) is 0 Å². The van der Waals surface area contributed by atoms with Gasteiger partial charge in [0.1, 0.15) is 5.75 Å². The van der Waals surface area contributed by atoms with E-state index in [0.717, 1.165) is 0 Å². The molecule has 0 spiro atoms. The van der Waals surface area contributed by atoms with Crippen molar-refractivity contribution < 1.29 is 17.9 Å². The fraction of sp³-hybridized carbons (Fsp3) is 0.538. The van der Waals surface area contributed by atoms with Crippen LogP contribution >= 0.6 is 0 Å². The van der Waals surface area contributed by atoms with Gasteiger partial charge < -0.3 is 10.1 Å². The number of halogens is 3. The van der Waals surface area contributed by atoms with Crippen molar-refractivity contribution in [2.75, 3.05) is 0 Å². The first-order chi connectivity index (χ1) is 8.46. The van der Waals surface area contributed by atoms with Crippen LogP contribution < -0.4 is 10.1 Å². The summed E-state index contributed by atoms with van der Waals surface area (Å²) in [5.74, 6) is 0.543. The van der Waals surface area contributed by atoms with Gasteiger partial charge >= 0.3 is 6.36 Å². The summed E-state index contributed by atoms with van der Waals surface area (Å²) in [6.45, 7) is 2.45. The quantitative estimate of drug-likeness (QED) is 0.874. The van der Waals surface area contributed by atoms with Crippen molar-refractivity contribution in [3.63, 3.8) is 0 Å². The molecule has 18 heavy (non-hydrogen) atoms. The summed E-state index contributed by atoms with van der Waals surface area (Å²) in [6.07, 6.45) is -2.23. The number of hydrogen-bond acceptors (Lipinski definition) is 2. The van der Waals surface area contributed by atoms with Crippen molar-refractivity contribution in [1.29, 1.82) is 0 Å². The van der Waals surface area contributed by atoms with E-state index in [1.807, 2.05) is 0 Å². The van der Waals surface area contributed by atoms with Gasteiger partial charge in [-0.25, -0.2) is 0 Å². The van der Waals surface area contributed by atoms with Gasteiger partial charge in [0.15, 0.2) is 0 Å². The van der Waals surface area contributed by atoms with Crippen molar-refractivity contribution >= 4 is 0 Å². The van der Waals surface area contributed by atoms with Crippen molar-refractivity contribution in [2.45, 2.75) is 38.7 Å². The van der Waals surface area contributed by atoms with Crippen LogP contribution in [0.5, 0.6) is 5.75 Å². The Labute approximate surface area is 104 Å². The summed E-state index contributed by atoms with van der Waals surface area (Å²) < 4.78 is 40.6. The smallest absolute Gasteiger partial charge is 0.405 e. The van der Waals surface area contributed by atoms with Gasteiger partial charge in [0.25, 0.3) is 0 Å². The van der Waals surface area contributed by atoms with Crippen molar-refractivity contribution in [2.24, 2.45) is 5.92 Å². The van der Waals surface area contributed by atoms with Crippen LogP contribution in [-0.2, 0) is 6.54 Å². The molecule has 1 aromatic carbocycles. The van der Waals surface area contributed by atoms with E-state index in [1.54, 1.807) is 12.1 Å². The molecule has 1 unspecified atom stereocenters. The average molecular weight is 259 g/mol. The summed E-state index contributed by atoms with van der Waals surface area (Å²) in [7, 11) is 0. The zero-order valence-electron chi connectivity index (χ0n) is 10.1. The molecule has 1 atom stereocenters. The fourth-order valence-electron chi connectivity index (χ4n) is 1.91. The molecular weight excluding hydrogens is 243 g/mol. The third-order valence-corrected chi connectivity index (χ3v) is 3.14. The molecule has 0 aliphatic heterocycles. The van der Waals surface area contributed by atoms with Gasteiger partial charge in [-0.05, 0) is 31.7 Å². The minimum atomic E-state index is -4.64. The van der Waals surface area contributed by atoms with Gasteiger partial charge in [-0.1, -0.05) is 18.2 Å². The van der Waals surface area contributed by atoms with E-state index in [0.29, 0.717) is 24.1 Å². The van der Waals surface area contributed by atoms with Gasteiger partial charge in [0.2, 0.25) is 0 Å². The zero-order chi connectivity index (χ0) is 13.2. The number of rotatable bonds is 5. The lowest BCUT2D eigenvalue weighted by Gasteiger charge is -2.16. The van der Waals surface area contributed by atoms with Gasteiger partial charge in [-0.15, -0.1) is 13.2 Å². The number of hydrogen-bond donors (Lipinski definition) is 1. The maximum absolute atomic E-state index is 12.2. The Balaban J connectivity index is 1.97. The molecule has 1 fully saturated rings. The van der Waals surface area contributed by atoms with Crippen molar-refractivity contribution in [3.8, 4) is 5.75 Å².